The fourth-order valence-corrected chi connectivity index (χ4v) is 3.74. The Hall–Kier alpha value is -0.330. The van der Waals surface area contributed by atoms with E-state index >= 15 is 0 Å². The average Bonchev–Trinajstić information content (AvgIpc) is 2.58. The average molecular weight is 405 g/mol. The third-order valence-electron chi connectivity index (χ3n) is 4.79. The van der Waals surface area contributed by atoms with Gasteiger partial charge in [-0.3, -0.25) is 4.90 Å². The number of likely N-dealkylation sites (tertiary alicyclic amines) is 1. The molecule has 0 atom stereocenters. The number of nitrogens with one attached hydrogen (secondary N) is 1. The van der Waals surface area contributed by atoms with Gasteiger partial charge in [-0.15, -0.1) is 12.4 Å². The summed E-state index contributed by atoms with van der Waals surface area (Å²) in [6.45, 7) is 7.07. The molecule has 23 heavy (non-hydrogen) atoms. The van der Waals surface area contributed by atoms with Crippen LogP contribution >= 0.6 is 28.3 Å². The molecular weight excluding hydrogens is 378 g/mol. The van der Waals surface area contributed by atoms with Crippen LogP contribution in [0.3, 0.4) is 0 Å². The van der Waals surface area contributed by atoms with E-state index in [0.717, 1.165) is 37.3 Å². The van der Waals surface area contributed by atoms with Crippen molar-refractivity contribution in [2.75, 3.05) is 51.3 Å². The van der Waals surface area contributed by atoms with Gasteiger partial charge in [0.25, 0.3) is 0 Å². The van der Waals surface area contributed by atoms with Crippen LogP contribution in [0.1, 0.15) is 18.4 Å². The zero-order valence-corrected chi connectivity index (χ0v) is 16.2. The molecule has 0 spiro atoms. The van der Waals surface area contributed by atoms with Gasteiger partial charge in [-0.25, -0.2) is 0 Å². The summed E-state index contributed by atoms with van der Waals surface area (Å²) < 4.78 is 6.65. The molecule has 3 rings (SSSR count). The Morgan fingerprint density at radius 2 is 1.87 bits per heavy atom. The third-order valence-corrected chi connectivity index (χ3v) is 5.28. The first-order valence-electron chi connectivity index (χ1n) is 8.27. The van der Waals surface area contributed by atoms with E-state index in [2.05, 4.69) is 56.3 Å². The van der Waals surface area contributed by atoms with Crippen LogP contribution in [0.15, 0.2) is 22.7 Å². The molecule has 2 aliphatic heterocycles. The van der Waals surface area contributed by atoms with Crippen LogP contribution in [0.5, 0.6) is 0 Å². The smallest absolute Gasteiger partial charge is 0.0642 e. The molecule has 0 radical (unpaired) electrons. The lowest BCUT2D eigenvalue weighted by Gasteiger charge is -2.34. The predicted octanol–water partition coefficient (Wildman–Crippen LogP) is 2.89. The Kier molecular flexibility index (Phi) is 7.63. The van der Waals surface area contributed by atoms with E-state index < -0.39 is 0 Å². The van der Waals surface area contributed by atoms with Crippen molar-refractivity contribution in [3.63, 3.8) is 0 Å². The zero-order chi connectivity index (χ0) is 15.4. The van der Waals surface area contributed by atoms with Crippen LogP contribution in [0.4, 0.5) is 5.69 Å². The van der Waals surface area contributed by atoms with E-state index in [9.17, 15) is 0 Å². The molecule has 1 aromatic carbocycles. The lowest BCUT2D eigenvalue weighted by atomic mass is 10.0. The largest absolute Gasteiger partial charge is 0.378 e. The molecule has 4 nitrogen and oxygen atoms in total. The summed E-state index contributed by atoms with van der Waals surface area (Å²) in [5, 5.41) is 3.40. The van der Waals surface area contributed by atoms with Crippen LogP contribution in [0.25, 0.3) is 0 Å². The van der Waals surface area contributed by atoms with Crippen molar-refractivity contribution in [3.05, 3.63) is 28.2 Å². The molecule has 6 heteroatoms. The summed E-state index contributed by atoms with van der Waals surface area (Å²) in [6.07, 6.45) is 2.50. The van der Waals surface area contributed by atoms with Gasteiger partial charge < -0.3 is 15.0 Å². The fraction of sp³-hybridized carbons (Fsp3) is 0.647. The fourth-order valence-electron chi connectivity index (χ4n) is 3.39. The minimum Gasteiger partial charge on any atom is -0.378 e. The second-order valence-corrected chi connectivity index (χ2v) is 7.13. The van der Waals surface area contributed by atoms with Crippen LogP contribution in [-0.4, -0.2) is 57.4 Å². The number of hydrogen-bond acceptors (Lipinski definition) is 4. The van der Waals surface area contributed by atoms with Crippen molar-refractivity contribution in [2.24, 2.45) is 0 Å². The molecule has 1 aromatic rings. The Balaban J connectivity index is 0.00000192. The van der Waals surface area contributed by atoms with Gasteiger partial charge in [0, 0.05) is 35.8 Å². The van der Waals surface area contributed by atoms with E-state index in [1.807, 2.05) is 0 Å². The van der Waals surface area contributed by atoms with Gasteiger partial charge in [-0.2, -0.15) is 0 Å². The molecule has 0 saturated carbocycles. The highest BCUT2D eigenvalue weighted by atomic mass is 79.9. The normalized spacial score (nSPS) is 20.3. The molecular formula is C17H27BrClN3O. The van der Waals surface area contributed by atoms with Gasteiger partial charge in [0.1, 0.15) is 0 Å². The number of benzene rings is 1. The Morgan fingerprint density at radius 1 is 1.17 bits per heavy atom. The molecule has 1 N–H and O–H groups in total. The highest BCUT2D eigenvalue weighted by Gasteiger charge is 2.20. The first-order valence-corrected chi connectivity index (χ1v) is 9.06. The summed E-state index contributed by atoms with van der Waals surface area (Å²) in [6, 6.07) is 7.40. The molecule has 0 unspecified atom stereocenters. The van der Waals surface area contributed by atoms with Gasteiger partial charge in [-0.1, -0.05) is 22.0 Å². The highest BCUT2D eigenvalue weighted by Crippen LogP contribution is 2.28. The lowest BCUT2D eigenvalue weighted by Crippen LogP contribution is -2.41. The minimum atomic E-state index is 0. The number of piperidine rings is 1. The zero-order valence-electron chi connectivity index (χ0n) is 13.8. The maximum atomic E-state index is 5.49. The van der Waals surface area contributed by atoms with Gasteiger partial charge in [0.15, 0.2) is 0 Å². The Bertz CT molecular complexity index is 489. The van der Waals surface area contributed by atoms with Crippen LogP contribution in [-0.2, 0) is 11.3 Å². The van der Waals surface area contributed by atoms with Crippen molar-refractivity contribution in [1.29, 1.82) is 0 Å². The van der Waals surface area contributed by atoms with E-state index in [1.165, 1.54) is 37.2 Å². The van der Waals surface area contributed by atoms with Crippen LogP contribution < -0.4 is 10.2 Å². The van der Waals surface area contributed by atoms with Gasteiger partial charge in [0.05, 0.1) is 13.2 Å². The topological polar surface area (TPSA) is 27.7 Å². The maximum absolute atomic E-state index is 5.49. The second-order valence-electron chi connectivity index (χ2n) is 6.21. The summed E-state index contributed by atoms with van der Waals surface area (Å²) in [5.41, 5.74) is 2.81. The first kappa shape index (κ1) is 19.0. The van der Waals surface area contributed by atoms with E-state index in [1.54, 1.807) is 0 Å². The quantitative estimate of drug-likeness (QED) is 0.835. The van der Waals surface area contributed by atoms with Crippen molar-refractivity contribution in [3.8, 4) is 0 Å². The number of ether oxygens (including phenoxy) is 1. The summed E-state index contributed by atoms with van der Waals surface area (Å²) in [5.74, 6) is 0. The molecule has 0 aromatic heterocycles. The molecule has 2 saturated heterocycles. The van der Waals surface area contributed by atoms with Crippen LogP contribution in [0, 0.1) is 0 Å². The third kappa shape index (κ3) is 5.07. The molecule has 2 aliphatic rings. The van der Waals surface area contributed by atoms with Gasteiger partial charge in [-0.05, 0) is 50.7 Å². The maximum Gasteiger partial charge on any atom is 0.0642 e. The number of halogens is 2. The Morgan fingerprint density at radius 3 is 2.52 bits per heavy atom. The van der Waals surface area contributed by atoms with Crippen molar-refractivity contribution < 1.29 is 4.74 Å². The summed E-state index contributed by atoms with van der Waals surface area (Å²) in [4.78, 5) is 5.05. The Labute approximate surface area is 154 Å². The molecule has 130 valence electrons. The second kappa shape index (κ2) is 9.23. The van der Waals surface area contributed by atoms with Crippen molar-refractivity contribution in [2.45, 2.75) is 25.4 Å². The number of anilines is 1. The van der Waals surface area contributed by atoms with Gasteiger partial charge >= 0.3 is 0 Å². The van der Waals surface area contributed by atoms with E-state index in [4.69, 9.17) is 4.74 Å². The molecule has 2 heterocycles. The number of nitrogens with zero attached hydrogens (tertiary/aromatic N) is 2. The van der Waals surface area contributed by atoms with E-state index in [0.29, 0.717) is 6.04 Å². The monoisotopic (exact) mass is 403 g/mol. The van der Waals surface area contributed by atoms with E-state index in [-0.39, 0.29) is 12.4 Å². The molecule has 0 amide bonds. The first-order chi connectivity index (χ1) is 10.8. The number of hydrogen-bond donors (Lipinski definition) is 1. The standard InChI is InChI=1S/C17H26BrN3O.ClH/c1-19-16-4-6-20(7-5-16)13-14-2-3-15(18)12-17(14)21-8-10-22-11-9-21;/h2-3,12,16,19H,4-11,13H2,1H3;1H. The predicted molar refractivity (Wildman–Crippen MR) is 102 cm³/mol. The number of morpholine rings is 1. The summed E-state index contributed by atoms with van der Waals surface area (Å²) in [7, 11) is 2.07. The van der Waals surface area contributed by atoms with Crippen molar-refractivity contribution in [1.82, 2.24) is 10.2 Å². The highest BCUT2D eigenvalue weighted by molar-refractivity contribution is 9.10. The van der Waals surface area contributed by atoms with Gasteiger partial charge in [0.2, 0.25) is 0 Å². The summed E-state index contributed by atoms with van der Waals surface area (Å²) >= 11 is 3.63. The number of rotatable bonds is 4. The lowest BCUT2D eigenvalue weighted by molar-refractivity contribution is 0.122. The minimum absolute atomic E-state index is 0. The molecule has 2 fully saturated rings. The van der Waals surface area contributed by atoms with Crippen LogP contribution in [0.2, 0.25) is 0 Å². The van der Waals surface area contributed by atoms with Crippen molar-refractivity contribution >= 4 is 34.0 Å². The molecule has 0 aliphatic carbocycles. The SMILES string of the molecule is CNC1CCN(Cc2ccc(Br)cc2N2CCOCC2)CC1.Cl. The molecule has 0 bridgehead atoms.